The van der Waals surface area contributed by atoms with Crippen LogP contribution in [0, 0.1) is 0 Å². The number of hydrogen-bond acceptors (Lipinski definition) is 3. The summed E-state index contributed by atoms with van der Waals surface area (Å²) in [6.45, 7) is 4.22. The molecule has 0 amide bonds. The quantitative estimate of drug-likeness (QED) is 0.704. The fourth-order valence-corrected chi connectivity index (χ4v) is 1.22. The molecule has 0 N–H and O–H groups in total. The van der Waals surface area contributed by atoms with Crippen LogP contribution in [0.3, 0.4) is 0 Å². The highest BCUT2D eigenvalue weighted by atomic mass is 16.5. The van der Waals surface area contributed by atoms with Crippen molar-refractivity contribution in [1.29, 1.82) is 0 Å². The highest BCUT2D eigenvalue weighted by Crippen LogP contribution is 2.01. The second kappa shape index (κ2) is 4.91. The average Bonchev–Trinajstić information content (AvgIpc) is 2.51. The average molecular weight is 196 g/mol. The zero-order valence-electron chi connectivity index (χ0n) is 8.86. The summed E-state index contributed by atoms with van der Waals surface area (Å²) in [6.07, 6.45) is 1.85. The number of carbonyl (C=O) groups excluding carboxylic acids is 1. The topological polar surface area (TPSA) is 44.1 Å². The molecule has 1 aromatic heterocycles. The van der Waals surface area contributed by atoms with Crippen molar-refractivity contribution in [2.45, 2.75) is 26.4 Å². The summed E-state index contributed by atoms with van der Waals surface area (Å²) in [5, 5.41) is 4.13. The molecular formula is C10H16N2O2. The molecule has 4 nitrogen and oxygen atoms in total. The van der Waals surface area contributed by atoms with E-state index in [-0.39, 0.29) is 11.9 Å². The molecule has 1 unspecified atom stereocenters. The molecule has 0 radical (unpaired) electrons. The van der Waals surface area contributed by atoms with Crippen LogP contribution in [0.1, 0.15) is 19.5 Å². The Balaban J connectivity index is 2.48. The molecule has 0 aliphatic heterocycles. The van der Waals surface area contributed by atoms with E-state index in [1.807, 2.05) is 26.2 Å². The van der Waals surface area contributed by atoms with Crippen LogP contribution < -0.4 is 0 Å². The van der Waals surface area contributed by atoms with E-state index in [1.165, 1.54) is 0 Å². The molecule has 0 fully saturated rings. The Labute approximate surface area is 83.9 Å². The third kappa shape index (κ3) is 2.96. The van der Waals surface area contributed by atoms with Crippen LogP contribution in [0.15, 0.2) is 12.3 Å². The second-order valence-electron chi connectivity index (χ2n) is 3.22. The Kier molecular flexibility index (Phi) is 3.83. The second-order valence-corrected chi connectivity index (χ2v) is 3.22. The lowest BCUT2D eigenvalue weighted by atomic mass is 10.1. The molecule has 1 heterocycles. The molecule has 78 valence electrons. The first-order chi connectivity index (χ1) is 6.63. The molecule has 1 atom stereocenters. The fourth-order valence-electron chi connectivity index (χ4n) is 1.22. The van der Waals surface area contributed by atoms with Crippen molar-refractivity contribution in [2.75, 3.05) is 6.61 Å². The van der Waals surface area contributed by atoms with Gasteiger partial charge in [-0.15, -0.1) is 0 Å². The van der Waals surface area contributed by atoms with Crippen molar-refractivity contribution in [2.24, 2.45) is 7.05 Å². The van der Waals surface area contributed by atoms with E-state index in [0.29, 0.717) is 13.0 Å². The van der Waals surface area contributed by atoms with Gasteiger partial charge >= 0.3 is 0 Å². The molecule has 14 heavy (non-hydrogen) atoms. The van der Waals surface area contributed by atoms with Crippen LogP contribution in [0.25, 0.3) is 0 Å². The third-order valence-corrected chi connectivity index (χ3v) is 1.99. The van der Waals surface area contributed by atoms with E-state index in [2.05, 4.69) is 5.10 Å². The summed E-state index contributed by atoms with van der Waals surface area (Å²) in [6, 6.07) is 1.84. The first-order valence-electron chi connectivity index (χ1n) is 4.76. The van der Waals surface area contributed by atoms with Crippen LogP contribution in [0.2, 0.25) is 0 Å². The molecule has 4 heteroatoms. The molecule has 0 aliphatic carbocycles. The van der Waals surface area contributed by atoms with Gasteiger partial charge in [0.05, 0.1) is 12.1 Å². The van der Waals surface area contributed by atoms with Crippen LogP contribution in [-0.4, -0.2) is 28.3 Å². The number of ketones is 1. The Morgan fingerprint density at radius 1 is 1.71 bits per heavy atom. The first-order valence-corrected chi connectivity index (χ1v) is 4.76. The largest absolute Gasteiger partial charge is 0.371 e. The highest BCUT2D eigenvalue weighted by molar-refractivity contribution is 5.84. The number of Topliss-reactive ketones (excluding diaryl/α,β-unsaturated/α-hetero) is 1. The van der Waals surface area contributed by atoms with Gasteiger partial charge in [0, 0.05) is 19.9 Å². The van der Waals surface area contributed by atoms with E-state index < -0.39 is 0 Å². The van der Waals surface area contributed by atoms with Gasteiger partial charge in [0.15, 0.2) is 5.78 Å². The smallest absolute Gasteiger partial charge is 0.167 e. The first kappa shape index (κ1) is 10.9. The van der Waals surface area contributed by atoms with E-state index >= 15 is 0 Å². The van der Waals surface area contributed by atoms with Crippen LogP contribution in [0.5, 0.6) is 0 Å². The molecule has 1 aromatic rings. The lowest BCUT2D eigenvalue weighted by molar-refractivity contribution is -0.128. The number of rotatable bonds is 5. The number of nitrogens with zero attached hydrogens (tertiary/aromatic N) is 2. The van der Waals surface area contributed by atoms with Gasteiger partial charge in [-0.2, -0.15) is 5.10 Å². The molecular weight excluding hydrogens is 180 g/mol. The van der Waals surface area contributed by atoms with E-state index in [1.54, 1.807) is 11.6 Å². The van der Waals surface area contributed by atoms with Gasteiger partial charge in [-0.25, -0.2) is 0 Å². The molecule has 0 saturated heterocycles. The lowest BCUT2D eigenvalue weighted by Crippen LogP contribution is -2.22. The predicted molar refractivity (Wildman–Crippen MR) is 53.0 cm³/mol. The number of hydrogen-bond donors (Lipinski definition) is 0. The van der Waals surface area contributed by atoms with Crippen molar-refractivity contribution < 1.29 is 9.53 Å². The Morgan fingerprint density at radius 3 is 2.93 bits per heavy atom. The van der Waals surface area contributed by atoms with E-state index in [4.69, 9.17) is 4.74 Å². The van der Waals surface area contributed by atoms with E-state index in [9.17, 15) is 4.79 Å². The third-order valence-electron chi connectivity index (χ3n) is 1.99. The minimum Gasteiger partial charge on any atom is -0.371 e. The molecule has 1 rings (SSSR count). The van der Waals surface area contributed by atoms with Crippen LogP contribution in [-0.2, 0) is 23.0 Å². The summed E-state index contributed by atoms with van der Waals surface area (Å²) in [4.78, 5) is 11.5. The minimum atomic E-state index is -0.331. The lowest BCUT2D eigenvalue weighted by Gasteiger charge is -2.08. The monoisotopic (exact) mass is 196 g/mol. The molecule has 0 saturated carbocycles. The van der Waals surface area contributed by atoms with Crippen molar-refractivity contribution in [1.82, 2.24) is 9.78 Å². The molecule has 0 aliphatic rings. The maximum atomic E-state index is 11.5. The molecule has 0 aromatic carbocycles. The molecule has 0 bridgehead atoms. The Bertz CT molecular complexity index is 307. The van der Waals surface area contributed by atoms with Crippen molar-refractivity contribution in [3.63, 3.8) is 0 Å². The normalized spacial score (nSPS) is 12.8. The number of carbonyl (C=O) groups is 1. The number of aromatic nitrogens is 2. The maximum Gasteiger partial charge on any atom is 0.167 e. The summed E-state index contributed by atoms with van der Waals surface area (Å²) < 4.78 is 6.89. The van der Waals surface area contributed by atoms with Gasteiger partial charge in [-0.05, 0) is 19.9 Å². The SMILES string of the molecule is CCOC(C)C(=O)Cc1ccn(C)n1. The van der Waals surface area contributed by atoms with Crippen LogP contribution in [0.4, 0.5) is 0 Å². The predicted octanol–water partition coefficient (Wildman–Crippen LogP) is 0.957. The Hall–Kier alpha value is -1.16. The summed E-state index contributed by atoms with van der Waals surface area (Å²) in [5.74, 6) is 0.0746. The van der Waals surface area contributed by atoms with Gasteiger partial charge in [-0.1, -0.05) is 0 Å². The standard InChI is InChI=1S/C10H16N2O2/c1-4-14-8(2)10(13)7-9-5-6-12(3)11-9/h5-6,8H,4,7H2,1-3H3. The fraction of sp³-hybridized carbons (Fsp3) is 0.600. The zero-order chi connectivity index (χ0) is 10.6. The summed E-state index contributed by atoms with van der Waals surface area (Å²) >= 11 is 0. The van der Waals surface area contributed by atoms with Gasteiger partial charge in [0.1, 0.15) is 6.10 Å². The summed E-state index contributed by atoms with van der Waals surface area (Å²) in [7, 11) is 1.83. The van der Waals surface area contributed by atoms with Gasteiger partial charge in [0.2, 0.25) is 0 Å². The van der Waals surface area contributed by atoms with Gasteiger partial charge in [0.25, 0.3) is 0 Å². The highest BCUT2D eigenvalue weighted by Gasteiger charge is 2.14. The van der Waals surface area contributed by atoms with E-state index in [0.717, 1.165) is 5.69 Å². The summed E-state index contributed by atoms with van der Waals surface area (Å²) in [5.41, 5.74) is 0.795. The van der Waals surface area contributed by atoms with Gasteiger partial charge < -0.3 is 4.74 Å². The number of aryl methyl sites for hydroxylation is 1. The maximum absolute atomic E-state index is 11.5. The molecule has 0 spiro atoms. The van der Waals surface area contributed by atoms with Crippen LogP contribution >= 0.6 is 0 Å². The van der Waals surface area contributed by atoms with Crippen molar-refractivity contribution >= 4 is 5.78 Å². The minimum absolute atomic E-state index is 0.0746. The Morgan fingerprint density at radius 2 is 2.43 bits per heavy atom. The zero-order valence-corrected chi connectivity index (χ0v) is 8.86. The van der Waals surface area contributed by atoms with Gasteiger partial charge in [-0.3, -0.25) is 9.48 Å². The van der Waals surface area contributed by atoms with Crippen molar-refractivity contribution in [3.05, 3.63) is 18.0 Å². The van der Waals surface area contributed by atoms with Crippen molar-refractivity contribution in [3.8, 4) is 0 Å². The number of ether oxygens (including phenoxy) is 1.